The Morgan fingerprint density at radius 3 is 2.42 bits per heavy atom. The van der Waals surface area contributed by atoms with Crippen LogP contribution < -0.4 is 16.4 Å². The van der Waals surface area contributed by atoms with E-state index in [1.807, 2.05) is 87.9 Å². The molecule has 4 aromatic rings. The van der Waals surface area contributed by atoms with E-state index < -0.39 is 35.4 Å². The lowest BCUT2D eigenvalue weighted by Gasteiger charge is -2.35. The minimum Gasteiger partial charge on any atom is -0.398 e. The maximum absolute atomic E-state index is 13.8. The summed E-state index contributed by atoms with van der Waals surface area (Å²) in [6, 6.07) is 13.9. The highest BCUT2D eigenvalue weighted by Crippen LogP contribution is 2.28. The van der Waals surface area contributed by atoms with Crippen molar-refractivity contribution >= 4 is 45.6 Å². The highest BCUT2D eigenvalue weighted by molar-refractivity contribution is 7.13. The van der Waals surface area contributed by atoms with Gasteiger partial charge in [-0.3, -0.25) is 14.4 Å². The number of aliphatic hydroxyl groups is 1. The number of β-amino-alcohol motifs (C(OH)–C–C–N with tert-alkyl or cyclic N) is 1. The number of rotatable bonds is 17. The second-order valence-electron chi connectivity index (χ2n) is 14.0. The number of hydrogen-bond donors (Lipinski definition) is 4. The molecule has 0 unspecified atom stereocenters. The molecule has 0 radical (unpaired) electrons. The summed E-state index contributed by atoms with van der Waals surface area (Å²) in [4.78, 5) is 46.8. The standard InChI is InChI=1S/C38H50N6O7S/c1-25-34(52-24-41-25)27-10-8-26(9-11-27)21-40-36(47)32-20-28(45)22-44(32)37(48)35(38(2,3)4)42-33(46)23-51-19-18-50-17-16-49-15-14-43-13-12-29-30(39)6-5-7-31(29)43/h5-13,24,28,32,35,45H,14-23,39H2,1-4H3,(H,40,47)(H,42,46)/t28-,32+,35-/m1/s1. The van der Waals surface area contributed by atoms with E-state index in [1.165, 1.54) is 4.90 Å². The number of nitrogen functional groups attached to an aromatic ring is 1. The van der Waals surface area contributed by atoms with E-state index >= 15 is 0 Å². The molecular weight excluding hydrogens is 685 g/mol. The first-order valence-electron chi connectivity index (χ1n) is 17.5. The van der Waals surface area contributed by atoms with Crippen molar-refractivity contribution in [2.45, 2.75) is 65.4 Å². The third-order valence-electron chi connectivity index (χ3n) is 9.01. The van der Waals surface area contributed by atoms with Gasteiger partial charge in [0.2, 0.25) is 17.7 Å². The molecule has 1 aliphatic rings. The molecular formula is C38H50N6O7S. The predicted octanol–water partition coefficient (Wildman–Crippen LogP) is 3.51. The Labute approximate surface area is 308 Å². The number of ether oxygens (including phenoxy) is 3. The van der Waals surface area contributed by atoms with E-state index in [0.717, 1.165) is 38.3 Å². The van der Waals surface area contributed by atoms with Gasteiger partial charge in [0.05, 0.1) is 60.7 Å². The van der Waals surface area contributed by atoms with Crippen LogP contribution in [0.5, 0.6) is 0 Å². The van der Waals surface area contributed by atoms with Crippen LogP contribution in [-0.2, 0) is 41.7 Å². The van der Waals surface area contributed by atoms with Crippen LogP contribution in [-0.4, -0.2) is 102 Å². The Bertz CT molecular complexity index is 1800. The zero-order valence-electron chi connectivity index (χ0n) is 30.3. The fourth-order valence-corrected chi connectivity index (χ4v) is 7.00. The zero-order chi connectivity index (χ0) is 37.3. The first-order valence-corrected chi connectivity index (χ1v) is 18.4. The molecule has 0 aliphatic carbocycles. The third-order valence-corrected chi connectivity index (χ3v) is 9.99. The molecule has 1 saturated heterocycles. The summed E-state index contributed by atoms with van der Waals surface area (Å²) in [5.74, 6) is -1.26. The lowest BCUT2D eigenvalue weighted by Crippen LogP contribution is -2.58. The van der Waals surface area contributed by atoms with Crippen molar-refractivity contribution in [2.24, 2.45) is 5.41 Å². The van der Waals surface area contributed by atoms with E-state index in [4.69, 9.17) is 19.9 Å². The fourth-order valence-electron chi connectivity index (χ4n) is 6.19. The van der Waals surface area contributed by atoms with Crippen molar-refractivity contribution in [2.75, 3.05) is 51.9 Å². The molecule has 13 nitrogen and oxygen atoms in total. The Balaban J connectivity index is 1.01. The number of benzene rings is 2. The number of aliphatic hydroxyl groups excluding tert-OH is 1. The Morgan fingerprint density at radius 2 is 1.73 bits per heavy atom. The molecule has 2 aromatic heterocycles. The topological polar surface area (TPSA) is 170 Å². The van der Waals surface area contributed by atoms with E-state index in [0.29, 0.717) is 26.4 Å². The number of carbonyl (C=O) groups is 3. The maximum atomic E-state index is 13.8. The van der Waals surface area contributed by atoms with Gasteiger partial charge >= 0.3 is 0 Å². The number of nitrogens with zero attached hydrogens (tertiary/aromatic N) is 3. The molecule has 3 heterocycles. The molecule has 0 spiro atoms. The van der Waals surface area contributed by atoms with E-state index in [2.05, 4.69) is 20.2 Å². The lowest BCUT2D eigenvalue weighted by molar-refractivity contribution is -0.144. The van der Waals surface area contributed by atoms with E-state index in [-0.39, 0.29) is 45.2 Å². The monoisotopic (exact) mass is 734 g/mol. The third kappa shape index (κ3) is 10.2. The first-order chi connectivity index (χ1) is 24.9. The summed E-state index contributed by atoms with van der Waals surface area (Å²) >= 11 is 1.58. The van der Waals surface area contributed by atoms with E-state index in [9.17, 15) is 19.5 Å². The van der Waals surface area contributed by atoms with Crippen molar-refractivity contribution in [3.05, 3.63) is 71.5 Å². The highest BCUT2D eigenvalue weighted by atomic mass is 32.1. The largest absolute Gasteiger partial charge is 0.398 e. The maximum Gasteiger partial charge on any atom is 0.246 e. The molecule has 3 atom stereocenters. The van der Waals surface area contributed by atoms with Crippen LogP contribution in [0.15, 0.2) is 60.2 Å². The zero-order valence-corrected chi connectivity index (χ0v) is 31.1. The fraction of sp³-hybridized carbons (Fsp3) is 0.474. The molecule has 0 bridgehead atoms. The first kappa shape index (κ1) is 38.9. The number of anilines is 1. The van der Waals surface area contributed by atoms with Gasteiger partial charge in [0.15, 0.2) is 0 Å². The van der Waals surface area contributed by atoms with Crippen molar-refractivity contribution in [3.8, 4) is 10.4 Å². The molecule has 5 N–H and O–H groups in total. The smallest absolute Gasteiger partial charge is 0.246 e. The van der Waals surface area contributed by atoms with Crippen LogP contribution in [0.4, 0.5) is 5.69 Å². The van der Waals surface area contributed by atoms with Crippen molar-refractivity contribution < 1.29 is 33.7 Å². The number of nitrogens with one attached hydrogen (secondary N) is 2. The summed E-state index contributed by atoms with van der Waals surface area (Å²) in [7, 11) is 0. The minimum absolute atomic E-state index is 0.00178. The molecule has 1 fully saturated rings. The van der Waals surface area contributed by atoms with Gasteiger partial charge in [-0.1, -0.05) is 51.1 Å². The minimum atomic E-state index is -0.942. The van der Waals surface area contributed by atoms with Gasteiger partial charge in [0.1, 0.15) is 18.7 Å². The number of aromatic nitrogens is 2. The molecule has 52 heavy (non-hydrogen) atoms. The van der Waals surface area contributed by atoms with Crippen molar-refractivity contribution in [3.63, 3.8) is 0 Å². The average molecular weight is 735 g/mol. The van der Waals surface area contributed by atoms with E-state index in [1.54, 1.807) is 11.3 Å². The summed E-state index contributed by atoms with van der Waals surface area (Å²) in [5, 5.41) is 17.2. The number of aryl methyl sites for hydroxylation is 1. The van der Waals surface area contributed by atoms with Gasteiger partial charge in [-0.2, -0.15) is 0 Å². The number of amides is 3. The average Bonchev–Trinajstić information content (AvgIpc) is 3.85. The molecule has 14 heteroatoms. The number of carbonyl (C=O) groups excluding carboxylic acids is 3. The number of nitrogens with two attached hydrogens (primary N) is 1. The van der Waals surface area contributed by atoms with Crippen molar-refractivity contribution in [1.29, 1.82) is 0 Å². The Morgan fingerprint density at radius 1 is 1.02 bits per heavy atom. The number of likely N-dealkylation sites (tertiary alicyclic amines) is 1. The molecule has 1 aliphatic heterocycles. The van der Waals surface area contributed by atoms with Crippen LogP contribution in [0.3, 0.4) is 0 Å². The normalized spacial score (nSPS) is 16.7. The second-order valence-corrected chi connectivity index (χ2v) is 14.9. The van der Waals surface area contributed by atoms with Gasteiger partial charge < -0.3 is 45.2 Å². The molecule has 2 aromatic carbocycles. The predicted molar refractivity (Wildman–Crippen MR) is 200 cm³/mol. The van der Waals surface area contributed by atoms with Crippen LogP contribution in [0.1, 0.15) is 38.4 Å². The lowest BCUT2D eigenvalue weighted by atomic mass is 9.85. The van der Waals surface area contributed by atoms with Crippen molar-refractivity contribution in [1.82, 2.24) is 25.1 Å². The number of fused-ring (bicyclic) bond motifs is 1. The van der Waals surface area contributed by atoms with Crippen LogP contribution in [0.2, 0.25) is 0 Å². The second kappa shape index (κ2) is 17.9. The summed E-state index contributed by atoms with van der Waals surface area (Å²) < 4.78 is 18.9. The van der Waals surface area contributed by atoms with Gasteiger partial charge in [-0.05, 0) is 41.7 Å². The highest BCUT2D eigenvalue weighted by Gasteiger charge is 2.44. The van der Waals surface area contributed by atoms with Gasteiger partial charge in [0.25, 0.3) is 0 Å². The van der Waals surface area contributed by atoms with Crippen LogP contribution in [0.25, 0.3) is 21.3 Å². The summed E-state index contributed by atoms with van der Waals surface area (Å²) in [6.07, 6.45) is 1.25. The summed E-state index contributed by atoms with van der Waals surface area (Å²) in [6.45, 7) is 9.96. The van der Waals surface area contributed by atoms with Gasteiger partial charge in [-0.25, -0.2) is 4.98 Å². The number of hydrogen-bond acceptors (Lipinski definition) is 10. The quantitative estimate of drug-likeness (QED) is 0.0937. The Hall–Kier alpha value is -4.34. The SMILES string of the molecule is Cc1ncsc1-c1ccc(CNC(=O)[C@@H]2C[C@@H](O)CN2C(=O)[C@@H](NC(=O)COCCOCCOCCn2ccc3c(N)cccc32)C(C)(C)C)cc1. The molecule has 5 rings (SSSR count). The van der Waals surface area contributed by atoms with Crippen LogP contribution in [0, 0.1) is 12.3 Å². The summed E-state index contributed by atoms with van der Waals surface area (Å²) in [5.41, 5.74) is 11.9. The number of thiazole rings is 1. The molecule has 0 saturated carbocycles. The van der Waals surface area contributed by atoms with Gasteiger partial charge in [0, 0.05) is 43.3 Å². The van der Waals surface area contributed by atoms with Crippen LogP contribution >= 0.6 is 11.3 Å². The van der Waals surface area contributed by atoms with Gasteiger partial charge in [-0.15, -0.1) is 11.3 Å². The molecule has 3 amide bonds. The molecule has 280 valence electrons. The Kier molecular flexibility index (Phi) is 13.4.